The Bertz CT molecular complexity index is 182. The fourth-order valence-corrected chi connectivity index (χ4v) is 0.220. The van der Waals surface area contributed by atoms with Gasteiger partial charge < -0.3 is 14.9 Å². The van der Waals surface area contributed by atoms with Crippen molar-refractivity contribution in [2.45, 2.75) is 5.69 Å². The Morgan fingerprint density at radius 2 is 2.20 bits per heavy atom. The van der Waals surface area contributed by atoms with Crippen LogP contribution >= 0.6 is 0 Å². The van der Waals surface area contributed by atoms with Crippen LogP contribution in [0.4, 0.5) is 0 Å². The second-order valence-corrected chi connectivity index (χ2v) is 1.76. The Kier molecular flexibility index (Phi) is 2.93. The van der Waals surface area contributed by atoms with Crippen molar-refractivity contribution in [2.75, 3.05) is 7.11 Å². The molecule has 0 bridgehead atoms. The summed E-state index contributed by atoms with van der Waals surface area (Å²) in [6, 6.07) is 0. The third kappa shape index (κ3) is 5.16. The van der Waals surface area contributed by atoms with Gasteiger partial charge in [0, 0.05) is 5.92 Å². The maximum Gasteiger partial charge on any atom is 0.384 e. The van der Waals surface area contributed by atoms with Gasteiger partial charge in [0.2, 0.25) is 0 Å². The summed E-state index contributed by atoms with van der Waals surface area (Å²) >= 11 is 0. The normalized spacial score (nSPS) is 9.50. The van der Waals surface area contributed by atoms with Gasteiger partial charge in [0.05, 0.1) is 7.11 Å². The summed E-state index contributed by atoms with van der Waals surface area (Å²) in [7, 11) is 2.20. The van der Waals surface area contributed by atoms with Gasteiger partial charge in [-0.1, -0.05) is 0 Å². The molecule has 0 aliphatic rings. The zero-order chi connectivity index (χ0) is 8.20. The summed E-state index contributed by atoms with van der Waals surface area (Å²) < 4.78 is 4.11. The van der Waals surface area contributed by atoms with Gasteiger partial charge in [0.25, 0.3) is 0 Å². The monoisotopic (exact) mass is 142 g/mol. The van der Waals surface area contributed by atoms with Crippen LogP contribution in [0.2, 0.25) is 0 Å². The lowest BCUT2D eigenvalue weighted by Crippen LogP contribution is -2.25. The fraction of sp³-hybridized carbons (Fsp3) is 0.400. The lowest BCUT2D eigenvalue weighted by atomic mass is 9.96. The topological polar surface area (TPSA) is 66.8 Å². The number of aliphatic hydroxyl groups is 2. The van der Waals surface area contributed by atoms with E-state index in [1.54, 1.807) is 0 Å². The first-order valence-corrected chi connectivity index (χ1v) is 2.51. The van der Waals surface area contributed by atoms with Gasteiger partial charge in [-0.25, -0.2) is 4.79 Å². The Morgan fingerprint density at radius 3 is 2.50 bits per heavy atom. The molecule has 0 amide bonds. The van der Waals surface area contributed by atoms with Gasteiger partial charge in [-0.15, -0.1) is 0 Å². The Hall–Kier alpha value is -0.985. The summed E-state index contributed by atoms with van der Waals surface area (Å²) in [5.41, 5.74) is -2.13. The van der Waals surface area contributed by atoms with Gasteiger partial charge in [0.1, 0.15) is 0 Å². The van der Waals surface area contributed by atoms with Crippen LogP contribution in [0.15, 0.2) is 0 Å². The van der Waals surface area contributed by atoms with Crippen LogP contribution in [-0.2, 0) is 9.53 Å². The van der Waals surface area contributed by atoms with Gasteiger partial charge in [-0.3, -0.25) is 0 Å². The minimum Gasteiger partial charge on any atom is -0.459 e. The molecular formula is C5H7BO4. The molecule has 0 atom stereocenters. The molecule has 0 aromatic rings. The van der Waals surface area contributed by atoms with Crippen molar-refractivity contribution in [3.63, 3.8) is 0 Å². The van der Waals surface area contributed by atoms with Gasteiger partial charge in [-0.05, 0) is 5.92 Å². The maximum absolute atomic E-state index is 10.2. The number of rotatable bonds is 0. The van der Waals surface area contributed by atoms with E-state index < -0.39 is 11.7 Å². The molecule has 0 radical (unpaired) electrons. The molecule has 4 nitrogen and oxygen atoms in total. The second kappa shape index (κ2) is 3.25. The molecule has 0 rings (SSSR count). The van der Waals surface area contributed by atoms with Crippen LogP contribution in [0.3, 0.4) is 0 Å². The van der Waals surface area contributed by atoms with Crippen LogP contribution in [0.25, 0.3) is 0 Å². The predicted molar refractivity (Wildman–Crippen MR) is 35.5 cm³/mol. The first kappa shape index (κ1) is 9.01. The highest BCUT2D eigenvalue weighted by molar-refractivity contribution is 6.15. The summed E-state index contributed by atoms with van der Waals surface area (Å²) in [5.74, 6) is 2.92. The Morgan fingerprint density at radius 1 is 1.70 bits per heavy atom. The molecule has 0 fully saturated rings. The zero-order valence-corrected chi connectivity index (χ0v) is 5.71. The Labute approximate surface area is 59.2 Å². The average molecular weight is 142 g/mol. The van der Waals surface area contributed by atoms with Gasteiger partial charge in [0.15, 0.2) is 13.5 Å². The van der Waals surface area contributed by atoms with Crippen LogP contribution in [-0.4, -0.2) is 36.8 Å². The predicted octanol–water partition coefficient (Wildman–Crippen LogP) is -2.57. The lowest BCUT2D eigenvalue weighted by Gasteiger charge is -2.04. The van der Waals surface area contributed by atoms with Gasteiger partial charge in [-0.2, -0.15) is 0 Å². The third-order valence-electron chi connectivity index (χ3n) is 0.587. The Balaban J connectivity index is 4.05. The van der Waals surface area contributed by atoms with E-state index in [1.165, 1.54) is 0 Å². The maximum atomic E-state index is 10.2. The largest absolute Gasteiger partial charge is 0.459 e. The highest BCUT2D eigenvalue weighted by Crippen LogP contribution is 1.85. The quantitative estimate of drug-likeness (QED) is 0.128. The summed E-state index contributed by atoms with van der Waals surface area (Å²) in [6.45, 7) is 0. The molecule has 0 saturated carbocycles. The van der Waals surface area contributed by atoms with Crippen molar-refractivity contribution in [3.05, 3.63) is 0 Å². The smallest absolute Gasteiger partial charge is 0.384 e. The number of hydrogen-bond donors (Lipinski definition) is 2. The van der Waals surface area contributed by atoms with E-state index in [9.17, 15) is 4.79 Å². The fourth-order valence-electron chi connectivity index (χ4n) is 0.220. The molecule has 2 N–H and O–H groups in total. The highest BCUT2D eigenvalue weighted by atomic mass is 16.5. The van der Waals surface area contributed by atoms with E-state index in [1.807, 2.05) is 11.8 Å². The summed E-state index contributed by atoms with van der Waals surface area (Å²) in [5, 5.41) is 17.1. The minimum absolute atomic E-state index is 0.797. The third-order valence-corrected chi connectivity index (χ3v) is 0.587. The molecule has 0 aromatic heterocycles. The van der Waals surface area contributed by atoms with Crippen molar-refractivity contribution in [1.82, 2.24) is 0 Å². The number of ether oxygens (including phenoxy) is 1. The van der Waals surface area contributed by atoms with E-state index in [4.69, 9.17) is 10.2 Å². The van der Waals surface area contributed by atoms with Crippen molar-refractivity contribution in [1.29, 1.82) is 0 Å². The minimum atomic E-state index is -2.13. The van der Waals surface area contributed by atoms with E-state index in [0.29, 0.717) is 0 Å². The molecule has 0 spiro atoms. The van der Waals surface area contributed by atoms with Crippen LogP contribution in [0.5, 0.6) is 0 Å². The molecule has 0 aliphatic heterocycles. The molecule has 5 heteroatoms. The van der Waals surface area contributed by atoms with Crippen molar-refractivity contribution < 1.29 is 19.7 Å². The highest BCUT2D eigenvalue weighted by Gasteiger charge is 2.09. The summed E-state index contributed by atoms with van der Waals surface area (Å²) in [6.07, 6.45) is 0. The van der Waals surface area contributed by atoms with E-state index in [2.05, 4.69) is 4.74 Å². The molecule has 0 aliphatic carbocycles. The van der Waals surface area contributed by atoms with Gasteiger partial charge >= 0.3 is 5.97 Å². The average Bonchev–Trinajstić information content (AvgIpc) is 1.81. The van der Waals surface area contributed by atoms with Crippen LogP contribution in [0, 0.1) is 11.8 Å². The molecule has 0 saturated heterocycles. The standard InChI is InChI=1S/C5H7BO4/c1-10-4(7)2-3-5(6,8)9/h8-9H,6H2,1H3. The number of methoxy groups -OCH3 is 1. The van der Waals surface area contributed by atoms with E-state index in [0.717, 1.165) is 15.0 Å². The molecule has 0 heterocycles. The summed E-state index contributed by atoms with van der Waals surface area (Å²) in [4.78, 5) is 10.2. The number of hydrogen-bond acceptors (Lipinski definition) is 4. The second-order valence-electron chi connectivity index (χ2n) is 1.76. The lowest BCUT2D eigenvalue weighted by molar-refractivity contribution is -0.133. The molecule has 54 valence electrons. The van der Waals surface area contributed by atoms with E-state index in [-0.39, 0.29) is 0 Å². The van der Waals surface area contributed by atoms with Crippen molar-refractivity contribution >= 4 is 13.8 Å². The van der Waals surface area contributed by atoms with Crippen molar-refractivity contribution in [3.8, 4) is 11.8 Å². The SMILES string of the molecule is BC(O)(O)C#CC(=O)OC. The number of carbonyl (C=O) groups excluding carboxylic acids is 1. The first-order valence-electron chi connectivity index (χ1n) is 2.51. The van der Waals surface area contributed by atoms with Crippen LogP contribution in [0.1, 0.15) is 0 Å². The number of carbonyl (C=O) groups is 1. The molecular weight excluding hydrogens is 135 g/mol. The first-order chi connectivity index (χ1) is 4.45. The number of esters is 1. The molecule has 0 unspecified atom stereocenters. The zero-order valence-electron chi connectivity index (χ0n) is 5.71. The molecule has 0 aromatic carbocycles. The van der Waals surface area contributed by atoms with E-state index >= 15 is 0 Å². The van der Waals surface area contributed by atoms with Crippen molar-refractivity contribution in [2.24, 2.45) is 0 Å². The van der Waals surface area contributed by atoms with Crippen LogP contribution < -0.4 is 0 Å². The molecule has 10 heavy (non-hydrogen) atoms.